The first-order valence-electron chi connectivity index (χ1n) is 25.9. The van der Waals surface area contributed by atoms with Crippen molar-refractivity contribution in [3.63, 3.8) is 0 Å². The third-order valence-electron chi connectivity index (χ3n) is 14.8. The van der Waals surface area contributed by atoms with E-state index in [1.807, 2.05) is 42.9 Å². The molecule has 8 aromatic carbocycles. The van der Waals surface area contributed by atoms with Crippen molar-refractivity contribution in [2.24, 2.45) is 0 Å². The summed E-state index contributed by atoms with van der Waals surface area (Å²) in [6, 6.07) is 78.3. The summed E-state index contributed by atoms with van der Waals surface area (Å²) in [5.74, 6) is 0. The van der Waals surface area contributed by atoms with Crippen LogP contribution in [0.4, 0.5) is 0 Å². The third-order valence-corrected chi connectivity index (χ3v) is 14.8. The predicted molar refractivity (Wildman–Crippen MR) is 308 cm³/mol. The van der Waals surface area contributed by atoms with Gasteiger partial charge in [-0.15, -0.1) is 94.5 Å². The van der Waals surface area contributed by atoms with Gasteiger partial charge in [0.05, 0.1) is 0 Å². The van der Waals surface area contributed by atoms with Crippen LogP contribution in [0.3, 0.4) is 0 Å². The Labute approximate surface area is 459 Å². The number of pyridine rings is 3. The Bertz CT molecular complexity index is 3910. The van der Waals surface area contributed by atoms with Crippen LogP contribution < -0.4 is 0 Å². The van der Waals surface area contributed by atoms with E-state index < -0.39 is 0 Å². The van der Waals surface area contributed by atoms with Gasteiger partial charge in [0.25, 0.3) is 0 Å². The minimum absolute atomic E-state index is 0. The number of fused-ring (bicyclic) bond motifs is 3. The topological polar surface area (TPSA) is 51.8 Å². The van der Waals surface area contributed by atoms with Gasteiger partial charge in [-0.25, -0.2) is 0 Å². The van der Waals surface area contributed by atoms with Gasteiger partial charge in [-0.2, -0.15) is 0 Å². The molecular weight excluding hydrogens is 1100 g/mol. The van der Waals surface area contributed by atoms with Crippen molar-refractivity contribution in [1.82, 2.24) is 15.0 Å². The van der Waals surface area contributed by atoms with E-state index in [4.69, 9.17) is 19.4 Å². The number of aromatic nitrogens is 3. The summed E-state index contributed by atoms with van der Waals surface area (Å²) in [6.45, 7) is 8.47. The van der Waals surface area contributed by atoms with Gasteiger partial charge < -0.3 is 19.4 Å². The fourth-order valence-corrected chi connectivity index (χ4v) is 10.2. The van der Waals surface area contributed by atoms with Crippen molar-refractivity contribution >= 4 is 21.9 Å². The number of hydrogen-bond donors (Lipinski definition) is 0. The van der Waals surface area contributed by atoms with Gasteiger partial charge in [-0.1, -0.05) is 156 Å². The molecule has 0 aliphatic carbocycles. The number of aryl methyl sites for hydroxylation is 8. The van der Waals surface area contributed by atoms with Crippen LogP contribution in [-0.2, 0) is 45.8 Å². The molecule has 0 spiro atoms. The largest absolute Gasteiger partial charge is 3.00 e. The number of benzene rings is 8. The van der Waals surface area contributed by atoms with Gasteiger partial charge in [0, 0.05) is 29.4 Å². The average molecular weight is 1160 g/mol. The van der Waals surface area contributed by atoms with E-state index in [-0.39, 0.29) is 20.1 Å². The molecule has 0 aliphatic rings. The number of rotatable bonds is 13. The quantitative estimate of drug-likeness (QED) is 0.108. The molecule has 368 valence electrons. The van der Waals surface area contributed by atoms with Crippen LogP contribution in [0.1, 0.15) is 44.5 Å². The van der Waals surface area contributed by atoms with E-state index in [2.05, 4.69) is 210 Å². The summed E-state index contributed by atoms with van der Waals surface area (Å²) in [6.07, 6.45) is 9.30. The minimum atomic E-state index is 0. The summed E-state index contributed by atoms with van der Waals surface area (Å²) >= 11 is 0. The molecule has 0 fully saturated rings. The SMILES string of the molecule is Cc1cnc(-c2[c-]cc(CCc3cc(CCc4c[c-]c(-c5cc(C)c(C)cn5)cc4)cc(-c4ccccc4-c4c[c-]c(-c5ccccn5)cc4-c4ccc(-c5ccc6c(c5)oc5ccccc56)cc4)c3)cc2)cc1C.[Ir+3]. The molecule has 12 rings (SSSR count). The Kier molecular flexibility index (Phi) is 14.3. The molecule has 0 radical (unpaired) electrons. The molecule has 0 atom stereocenters. The normalized spacial score (nSPS) is 11.3. The zero-order chi connectivity index (χ0) is 50.8. The Morgan fingerprint density at radius 1 is 0.355 bits per heavy atom. The van der Waals surface area contributed by atoms with Crippen molar-refractivity contribution in [1.29, 1.82) is 0 Å². The van der Waals surface area contributed by atoms with E-state index in [1.54, 1.807) is 0 Å². The van der Waals surface area contributed by atoms with Crippen molar-refractivity contribution in [3.8, 4) is 78.3 Å². The number of furan rings is 1. The van der Waals surface area contributed by atoms with E-state index in [9.17, 15) is 0 Å². The van der Waals surface area contributed by atoms with Crippen LogP contribution in [-0.4, -0.2) is 15.0 Å². The molecule has 0 saturated carbocycles. The zero-order valence-electron chi connectivity index (χ0n) is 43.0. The maximum atomic E-state index is 6.29. The fraction of sp³-hybridized carbons (Fsp3) is 0.113. The van der Waals surface area contributed by atoms with Crippen LogP contribution in [0.2, 0.25) is 0 Å². The van der Waals surface area contributed by atoms with Crippen LogP contribution >= 0.6 is 0 Å². The summed E-state index contributed by atoms with van der Waals surface area (Å²) < 4.78 is 6.29. The summed E-state index contributed by atoms with van der Waals surface area (Å²) in [5.41, 5.74) is 26.6. The molecule has 0 bridgehead atoms. The Morgan fingerprint density at radius 2 is 0.921 bits per heavy atom. The standard InChI is InChI=1S/C71H54N3O.Ir/c1-46-37-68(73-44-48(46)3)56-24-20-50(21-25-56)16-18-52-39-53(19-17-51-22-26-57(27-23-51)69-38-47(2)49(4)45-74-69)41-60(40-52)61-11-5-6-12-62(61)63-34-33-59(67-14-9-10-36-72-67)42-66(63)55-30-28-54(29-31-55)58-32-35-65-64-13-7-8-15-70(64)75-71(65)43-58;/h5-15,20-24,26,28-32,34-45H,16-19H2,1-4H3;/q-3;+3. The molecule has 4 nitrogen and oxygen atoms in total. The summed E-state index contributed by atoms with van der Waals surface area (Å²) in [4.78, 5) is 14.1. The van der Waals surface area contributed by atoms with Gasteiger partial charge in [-0.3, -0.25) is 0 Å². The Hall–Kier alpha value is -8.34. The maximum Gasteiger partial charge on any atom is 3.00 e. The minimum Gasteiger partial charge on any atom is -0.456 e. The van der Waals surface area contributed by atoms with Crippen LogP contribution in [0.25, 0.3) is 100 Å². The van der Waals surface area contributed by atoms with E-state index in [1.165, 1.54) is 55.6 Å². The molecule has 76 heavy (non-hydrogen) atoms. The zero-order valence-corrected chi connectivity index (χ0v) is 45.4. The molecule has 12 aromatic rings. The van der Waals surface area contributed by atoms with E-state index in [0.717, 1.165) is 115 Å². The second-order valence-electron chi connectivity index (χ2n) is 19.9. The monoisotopic (exact) mass is 1160 g/mol. The molecule has 0 saturated heterocycles. The Balaban J connectivity index is 0.00000616. The second-order valence-corrected chi connectivity index (χ2v) is 19.9. The first-order chi connectivity index (χ1) is 36.8. The average Bonchev–Trinajstić information content (AvgIpc) is 3.87. The third kappa shape index (κ3) is 10.5. The summed E-state index contributed by atoms with van der Waals surface area (Å²) in [7, 11) is 0. The van der Waals surface area contributed by atoms with E-state index in [0.29, 0.717) is 0 Å². The van der Waals surface area contributed by atoms with E-state index >= 15 is 0 Å². The van der Waals surface area contributed by atoms with Gasteiger partial charge in [0.2, 0.25) is 0 Å². The van der Waals surface area contributed by atoms with Crippen molar-refractivity contribution in [2.75, 3.05) is 0 Å². The molecule has 0 amide bonds. The van der Waals surface area contributed by atoms with Gasteiger partial charge in [-0.05, 0) is 132 Å². The smallest absolute Gasteiger partial charge is 0.456 e. The van der Waals surface area contributed by atoms with Gasteiger partial charge in [0.1, 0.15) is 11.2 Å². The molecular formula is C71H54IrN3O. The van der Waals surface area contributed by atoms with Crippen molar-refractivity contribution in [2.45, 2.75) is 53.4 Å². The fourth-order valence-electron chi connectivity index (χ4n) is 10.2. The number of hydrogen-bond acceptors (Lipinski definition) is 4. The van der Waals surface area contributed by atoms with Crippen LogP contribution in [0.15, 0.2) is 211 Å². The number of para-hydroxylation sites is 1. The van der Waals surface area contributed by atoms with Crippen LogP contribution in [0, 0.1) is 45.9 Å². The molecule has 5 heteroatoms. The molecule has 4 heterocycles. The van der Waals surface area contributed by atoms with Crippen molar-refractivity contribution in [3.05, 3.63) is 269 Å². The Morgan fingerprint density at radius 3 is 1.54 bits per heavy atom. The van der Waals surface area contributed by atoms with Gasteiger partial charge >= 0.3 is 20.1 Å². The predicted octanol–water partition coefficient (Wildman–Crippen LogP) is 17.6. The first kappa shape index (κ1) is 49.8. The molecule has 0 aliphatic heterocycles. The maximum absolute atomic E-state index is 6.29. The van der Waals surface area contributed by atoms with Gasteiger partial charge in [0.15, 0.2) is 0 Å². The summed E-state index contributed by atoms with van der Waals surface area (Å²) in [5, 5.41) is 2.26. The molecule has 0 N–H and O–H groups in total. The first-order valence-corrected chi connectivity index (χ1v) is 25.9. The van der Waals surface area contributed by atoms with Crippen LogP contribution in [0.5, 0.6) is 0 Å². The van der Waals surface area contributed by atoms with Crippen molar-refractivity contribution < 1.29 is 24.5 Å². The molecule has 0 unspecified atom stereocenters. The molecule has 4 aromatic heterocycles. The second kappa shape index (κ2) is 21.9. The number of nitrogens with zero attached hydrogens (tertiary/aromatic N) is 3.